The Morgan fingerprint density at radius 2 is 2.03 bits per heavy atom. The zero-order chi connectivity index (χ0) is 25.4. The Balaban J connectivity index is 1.37. The van der Waals surface area contributed by atoms with Crippen LogP contribution in [0.4, 0.5) is 11.6 Å². The number of carbonyl (C=O) groups excluding carboxylic acids is 2. The lowest BCUT2D eigenvalue weighted by Crippen LogP contribution is -2.46. The van der Waals surface area contributed by atoms with E-state index in [1.807, 2.05) is 18.4 Å². The quantitative estimate of drug-likeness (QED) is 0.399. The molecule has 3 aromatic heterocycles. The molecule has 0 radical (unpaired) electrons. The van der Waals surface area contributed by atoms with Crippen molar-refractivity contribution in [1.82, 2.24) is 29.4 Å². The second-order valence-electron chi connectivity index (χ2n) is 10.1. The molecule has 2 aliphatic rings. The van der Waals surface area contributed by atoms with Gasteiger partial charge in [-0.1, -0.05) is 18.6 Å². The van der Waals surface area contributed by atoms with Crippen molar-refractivity contribution < 1.29 is 9.59 Å². The summed E-state index contributed by atoms with van der Waals surface area (Å²) in [5.41, 5.74) is 9.83. The zero-order valence-corrected chi connectivity index (χ0v) is 21.7. The van der Waals surface area contributed by atoms with Crippen molar-refractivity contribution in [3.63, 3.8) is 0 Å². The average molecular weight is 549 g/mol. The molecule has 11 heteroatoms. The topological polar surface area (TPSA) is 132 Å². The molecule has 1 saturated carbocycles. The van der Waals surface area contributed by atoms with Gasteiger partial charge in [-0.25, -0.2) is 15.0 Å². The molecule has 4 heterocycles. The van der Waals surface area contributed by atoms with Gasteiger partial charge in [0, 0.05) is 11.4 Å². The molecule has 1 aromatic carbocycles. The van der Waals surface area contributed by atoms with Gasteiger partial charge in [0.15, 0.2) is 5.82 Å². The number of halogens is 1. The highest BCUT2D eigenvalue weighted by atomic mass is 79.9. The smallest absolute Gasteiger partial charge is 0.248 e. The van der Waals surface area contributed by atoms with Gasteiger partial charge in [0.1, 0.15) is 35.0 Å². The van der Waals surface area contributed by atoms with Gasteiger partial charge in [-0.05, 0) is 59.7 Å². The van der Waals surface area contributed by atoms with Crippen LogP contribution in [0.2, 0.25) is 0 Å². The predicted molar refractivity (Wildman–Crippen MR) is 139 cm³/mol. The summed E-state index contributed by atoms with van der Waals surface area (Å²) in [6.07, 6.45) is 5.95. The number of hydrogen-bond acceptors (Lipinski definition) is 7. The second kappa shape index (κ2) is 7.95. The van der Waals surface area contributed by atoms with Crippen molar-refractivity contribution >= 4 is 61.3 Å². The lowest BCUT2D eigenvalue weighted by Gasteiger charge is -2.27. The third-order valence-electron chi connectivity index (χ3n) is 7.47. The summed E-state index contributed by atoms with van der Waals surface area (Å²) < 4.78 is 2.43. The van der Waals surface area contributed by atoms with E-state index in [2.05, 4.69) is 60.2 Å². The first-order chi connectivity index (χ1) is 17.2. The minimum Gasteiger partial charge on any atom is -0.383 e. The maximum absolute atomic E-state index is 13.9. The van der Waals surface area contributed by atoms with Crippen LogP contribution in [0.15, 0.2) is 35.5 Å². The molecule has 0 unspecified atom stereocenters. The Bertz CT molecular complexity index is 1580. The first-order valence-corrected chi connectivity index (χ1v) is 12.5. The molecule has 36 heavy (non-hydrogen) atoms. The number of nitrogens with zero attached hydrogens (tertiary/aromatic N) is 6. The van der Waals surface area contributed by atoms with E-state index in [1.165, 1.54) is 12.5 Å². The molecule has 1 aliphatic heterocycles. The Morgan fingerprint density at radius 3 is 2.81 bits per heavy atom. The second-order valence-corrected chi connectivity index (χ2v) is 10.9. The Morgan fingerprint density at radius 1 is 1.22 bits per heavy atom. The number of nitrogens with two attached hydrogens (primary N) is 1. The maximum Gasteiger partial charge on any atom is 0.248 e. The molecule has 3 atom stereocenters. The predicted octanol–water partition coefficient (Wildman–Crippen LogP) is 3.35. The fourth-order valence-corrected chi connectivity index (χ4v) is 6.12. The number of rotatable bonds is 4. The number of hydrogen-bond donors (Lipinski definition) is 2. The number of nitrogen functional groups attached to an aromatic ring is 1. The van der Waals surface area contributed by atoms with Gasteiger partial charge in [0.05, 0.1) is 23.3 Å². The number of anilines is 2. The lowest BCUT2D eigenvalue weighted by atomic mass is 10.0. The third kappa shape index (κ3) is 3.52. The van der Waals surface area contributed by atoms with Crippen LogP contribution in [0.3, 0.4) is 0 Å². The highest BCUT2D eigenvalue weighted by molar-refractivity contribution is 9.10. The number of likely N-dealkylation sites (tertiary alicyclic amines) is 1. The van der Waals surface area contributed by atoms with Crippen molar-refractivity contribution in [3.8, 4) is 0 Å². The highest BCUT2D eigenvalue weighted by Gasteiger charge is 2.64. The molecule has 2 amide bonds. The third-order valence-corrected chi connectivity index (χ3v) is 7.85. The van der Waals surface area contributed by atoms with E-state index in [-0.39, 0.29) is 29.8 Å². The number of aromatic nitrogens is 5. The molecule has 2 fully saturated rings. The average Bonchev–Trinajstić information content (AvgIpc) is 3.21. The van der Waals surface area contributed by atoms with Crippen LogP contribution in [-0.4, -0.2) is 53.3 Å². The molecule has 0 bridgehead atoms. The van der Waals surface area contributed by atoms with Crippen LogP contribution in [0.25, 0.3) is 21.9 Å². The normalized spacial score (nSPS) is 22.7. The van der Waals surface area contributed by atoms with Gasteiger partial charge >= 0.3 is 0 Å². The van der Waals surface area contributed by atoms with E-state index >= 15 is 0 Å². The van der Waals surface area contributed by atoms with Gasteiger partial charge < -0.3 is 20.5 Å². The van der Waals surface area contributed by atoms with E-state index in [1.54, 1.807) is 11.1 Å². The van der Waals surface area contributed by atoms with Crippen LogP contribution < -0.4 is 11.1 Å². The van der Waals surface area contributed by atoms with Crippen LogP contribution >= 0.6 is 15.9 Å². The molecule has 0 spiro atoms. The minimum absolute atomic E-state index is 0.0328. The Hall–Kier alpha value is -3.60. The van der Waals surface area contributed by atoms with Crippen molar-refractivity contribution in [2.45, 2.75) is 52.2 Å². The summed E-state index contributed by atoms with van der Waals surface area (Å²) in [5, 5.41) is 4.50. The molecular formula is C25H25BrN8O2. The fourth-order valence-electron chi connectivity index (χ4n) is 5.81. The van der Waals surface area contributed by atoms with E-state index in [0.717, 1.165) is 33.8 Å². The van der Waals surface area contributed by atoms with Gasteiger partial charge in [0.2, 0.25) is 11.8 Å². The van der Waals surface area contributed by atoms with E-state index in [4.69, 9.17) is 5.73 Å². The summed E-state index contributed by atoms with van der Waals surface area (Å²) >= 11 is 3.27. The van der Waals surface area contributed by atoms with Crippen LogP contribution in [-0.2, 0) is 16.1 Å². The number of carbonyl (C=O) groups is 2. The van der Waals surface area contributed by atoms with E-state index in [9.17, 15) is 9.59 Å². The minimum atomic E-state index is -0.585. The zero-order valence-electron chi connectivity index (χ0n) is 20.1. The highest BCUT2D eigenvalue weighted by Crippen LogP contribution is 2.59. The molecule has 4 aromatic rings. The number of fused-ring (bicyclic) bond motifs is 4. The first-order valence-electron chi connectivity index (χ1n) is 11.8. The van der Waals surface area contributed by atoms with Gasteiger partial charge in [0.25, 0.3) is 0 Å². The maximum atomic E-state index is 13.9. The molecule has 1 aliphatic carbocycles. The van der Waals surface area contributed by atoms with E-state index < -0.39 is 6.04 Å². The van der Waals surface area contributed by atoms with Gasteiger partial charge in [-0.3, -0.25) is 14.6 Å². The molecule has 3 N–H and O–H groups in total. The first kappa shape index (κ1) is 22.8. The van der Waals surface area contributed by atoms with Gasteiger partial charge in [-0.15, -0.1) is 0 Å². The van der Waals surface area contributed by atoms with Crippen LogP contribution in [0.5, 0.6) is 0 Å². The summed E-state index contributed by atoms with van der Waals surface area (Å²) in [6.45, 7) is 6.22. The van der Waals surface area contributed by atoms with Crippen molar-refractivity contribution in [1.29, 1.82) is 0 Å². The monoisotopic (exact) mass is 548 g/mol. The molecule has 1 saturated heterocycles. The van der Waals surface area contributed by atoms with Crippen LogP contribution in [0, 0.1) is 19.3 Å². The number of aryl methyl sites for hydroxylation is 2. The van der Waals surface area contributed by atoms with Crippen LogP contribution in [0.1, 0.15) is 30.9 Å². The number of benzene rings is 1. The molecule has 10 nitrogen and oxygen atoms in total. The van der Waals surface area contributed by atoms with Crippen molar-refractivity contribution in [3.05, 3.63) is 46.6 Å². The summed E-state index contributed by atoms with van der Waals surface area (Å²) in [7, 11) is 0. The molecule has 184 valence electrons. The Kier molecular flexibility index (Phi) is 5.05. The van der Waals surface area contributed by atoms with Crippen molar-refractivity contribution in [2.75, 3.05) is 11.1 Å². The summed E-state index contributed by atoms with van der Waals surface area (Å²) in [6, 6.07) is 3.58. The summed E-state index contributed by atoms with van der Waals surface area (Å²) in [5.74, 6) is 0.333. The lowest BCUT2D eigenvalue weighted by molar-refractivity contribution is -0.138. The number of nitrogens with one attached hydrogen (secondary N) is 1. The molecular weight excluding hydrogens is 524 g/mol. The van der Waals surface area contributed by atoms with E-state index in [0.29, 0.717) is 28.3 Å². The molecule has 6 rings (SSSR count). The number of piperidine rings is 1. The standard InChI is InChI=1S/C25H25BrN8O2/c1-12-4-13(2)21-14(5-12)20-22(27)29-11-30-23(20)33(21)10-19(35)34-15(6-25(3)7-16(25)34)24(36)32-18-9-28-8-17(26)31-18/h4-5,8-9,11,15-16H,6-7,10H2,1-3H3,(H2,27,29,30)(H,31,32,36)/t15-,16+,25-/m0/s1. The SMILES string of the molecule is Cc1cc(C)c2c(c1)c1c(N)ncnc1n2CC(=O)N1[C@H](C(=O)Nc2cncc(Br)n2)C[C@@]2(C)C[C@@H]12. The largest absolute Gasteiger partial charge is 0.383 e. The fraction of sp³-hybridized carbons (Fsp3) is 0.360. The number of amides is 2. The van der Waals surface area contributed by atoms with Gasteiger partial charge in [-0.2, -0.15) is 0 Å². The Labute approximate surface area is 215 Å². The summed E-state index contributed by atoms with van der Waals surface area (Å²) in [4.78, 5) is 45.9. The van der Waals surface area contributed by atoms with Crippen molar-refractivity contribution in [2.24, 2.45) is 5.41 Å².